The molecule has 19 heavy (non-hydrogen) atoms. The van der Waals surface area contributed by atoms with E-state index in [1.807, 2.05) is 0 Å². The minimum absolute atomic E-state index is 0.104. The average Bonchev–Trinajstić information content (AvgIpc) is 2.38. The van der Waals surface area contributed by atoms with Crippen LogP contribution in [-0.4, -0.2) is 29.2 Å². The molecule has 1 aliphatic rings. The monoisotopic (exact) mass is 273 g/mol. The summed E-state index contributed by atoms with van der Waals surface area (Å²) in [4.78, 5) is 2.10. The number of rotatable bonds is 4. The van der Waals surface area contributed by atoms with Crippen LogP contribution in [0.25, 0.3) is 0 Å². The number of piperidine rings is 1. The number of hydrogen-bond donors (Lipinski definition) is 1. The second-order valence-corrected chi connectivity index (χ2v) is 5.01. The molecule has 0 bridgehead atoms. The minimum Gasteiger partial charge on any atom is -0.396 e. The zero-order chi connectivity index (χ0) is 13.8. The van der Waals surface area contributed by atoms with Gasteiger partial charge >= 0.3 is 0 Å². The average molecular weight is 273 g/mol. The fourth-order valence-electron chi connectivity index (χ4n) is 2.68. The Hall–Kier alpha value is -1.07. The van der Waals surface area contributed by atoms with Gasteiger partial charge in [0.25, 0.3) is 0 Å². The van der Waals surface area contributed by atoms with Crippen LogP contribution in [0.3, 0.4) is 0 Å². The van der Waals surface area contributed by atoms with Crippen molar-refractivity contribution < 1.29 is 18.3 Å². The molecule has 0 amide bonds. The second-order valence-electron chi connectivity index (χ2n) is 5.01. The summed E-state index contributed by atoms with van der Waals surface area (Å²) in [5.41, 5.74) is 0.432. The summed E-state index contributed by atoms with van der Waals surface area (Å²) in [7, 11) is 0. The topological polar surface area (TPSA) is 23.5 Å². The van der Waals surface area contributed by atoms with Crippen LogP contribution >= 0.6 is 0 Å². The first-order chi connectivity index (χ1) is 9.11. The molecule has 1 unspecified atom stereocenters. The Morgan fingerprint density at radius 2 is 1.84 bits per heavy atom. The van der Waals surface area contributed by atoms with Crippen molar-refractivity contribution in [2.75, 3.05) is 13.2 Å². The van der Waals surface area contributed by atoms with Crippen LogP contribution in [-0.2, 0) is 6.54 Å². The molecule has 1 aliphatic heterocycles. The first kappa shape index (κ1) is 14.3. The van der Waals surface area contributed by atoms with Gasteiger partial charge in [0.1, 0.15) is 0 Å². The maximum atomic E-state index is 13.2. The Morgan fingerprint density at radius 1 is 1.16 bits per heavy atom. The van der Waals surface area contributed by atoms with Crippen LogP contribution in [0.2, 0.25) is 0 Å². The Bertz CT molecular complexity index is 414. The third-order valence-corrected chi connectivity index (χ3v) is 3.64. The van der Waals surface area contributed by atoms with Crippen LogP contribution < -0.4 is 0 Å². The number of hydrogen-bond acceptors (Lipinski definition) is 2. The maximum absolute atomic E-state index is 13.2. The van der Waals surface area contributed by atoms with E-state index in [2.05, 4.69) is 4.90 Å². The lowest BCUT2D eigenvalue weighted by molar-refractivity contribution is 0.112. The zero-order valence-electron chi connectivity index (χ0n) is 10.7. The van der Waals surface area contributed by atoms with Crippen molar-refractivity contribution in [3.05, 3.63) is 35.1 Å². The van der Waals surface area contributed by atoms with Gasteiger partial charge in [0.05, 0.1) is 0 Å². The Labute approximate surface area is 110 Å². The summed E-state index contributed by atoms with van der Waals surface area (Å²) in [6.07, 6.45) is 3.78. The van der Waals surface area contributed by atoms with E-state index in [-0.39, 0.29) is 12.6 Å². The van der Waals surface area contributed by atoms with Gasteiger partial charge in [-0.15, -0.1) is 0 Å². The highest BCUT2D eigenvalue weighted by Gasteiger charge is 2.22. The van der Waals surface area contributed by atoms with E-state index in [4.69, 9.17) is 5.11 Å². The molecule has 1 N–H and O–H groups in total. The first-order valence-electron chi connectivity index (χ1n) is 6.60. The standard InChI is InChI=1S/C14H18F3NO/c15-12-7-10(8-13(16)14(12)17)9-18-5-2-1-3-11(18)4-6-19/h7-8,11,19H,1-6,9H2. The summed E-state index contributed by atoms with van der Waals surface area (Å²) in [6, 6.07) is 2.32. The molecule has 5 heteroatoms. The number of aliphatic hydroxyl groups is 1. The Morgan fingerprint density at radius 3 is 2.47 bits per heavy atom. The summed E-state index contributed by atoms with van der Waals surface area (Å²) < 4.78 is 39.2. The van der Waals surface area contributed by atoms with E-state index in [9.17, 15) is 13.2 Å². The highest BCUT2D eigenvalue weighted by Crippen LogP contribution is 2.23. The minimum atomic E-state index is -1.42. The summed E-state index contributed by atoms with van der Waals surface area (Å²) in [5, 5.41) is 9.03. The number of nitrogens with zero attached hydrogens (tertiary/aromatic N) is 1. The molecule has 1 aromatic carbocycles. The normalized spacial score (nSPS) is 20.7. The van der Waals surface area contributed by atoms with Gasteiger partial charge in [-0.25, -0.2) is 13.2 Å². The predicted octanol–water partition coefficient (Wildman–Crippen LogP) is 2.84. The molecule has 106 valence electrons. The highest BCUT2D eigenvalue weighted by atomic mass is 19.2. The van der Waals surface area contributed by atoms with Gasteiger partial charge in [0, 0.05) is 19.2 Å². The maximum Gasteiger partial charge on any atom is 0.194 e. The van der Waals surface area contributed by atoms with Gasteiger partial charge in [-0.05, 0) is 43.5 Å². The fourth-order valence-corrected chi connectivity index (χ4v) is 2.68. The van der Waals surface area contributed by atoms with Crippen molar-refractivity contribution in [2.45, 2.75) is 38.3 Å². The molecule has 1 fully saturated rings. The number of halogens is 3. The molecule has 1 aromatic rings. The molecule has 0 saturated carbocycles. The van der Waals surface area contributed by atoms with Gasteiger partial charge in [-0.3, -0.25) is 4.90 Å². The van der Waals surface area contributed by atoms with Crippen LogP contribution in [0, 0.1) is 17.5 Å². The van der Waals surface area contributed by atoms with E-state index < -0.39 is 17.5 Å². The second kappa shape index (κ2) is 6.39. The summed E-state index contributed by atoms with van der Waals surface area (Å²) in [5.74, 6) is -3.72. The number of aliphatic hydroxyl groups excluding tert-OH is 1. The van der Waals surface area contributed by atoms with Crippen LogP contribution in [0.4, 0.5) is 13.2 Å². The predicted molar refractivity (Wildman–Crippen MR) is 66.1 cm³/mol. The summed E-state index contributed by atoms with van der Waals surface area (Å²) in [6.45, 7) is 1.33. The lowest BCUT2D eigenvalue weighted by Crippen LogP contribution is -2.39. The van der Waals surface area contributed by atoms with E-state index in [1.165, 1.54) is 0 Å². The quantitative estimate of drug-likeness (QED) is 0.853. The molecule has 0 aliphatic carbocycles. The lowest BCUT2D eigenvalue weighted by Gasteiger charge is -2.35. The van der Waals surface area contributed by atoms with Crippen molar-refractivity contribution in [2.24, 2.45) is 0 Å². The largest absolute Gasteiger partial charge is 0.396 e. The third-order valence-electron chi connectivity index (χ3n) is 3.64. The van der Waals surface area contributed by atoms with Crippen LogP contribution in [0.1, 0.15) is 31.2 Å². The van der Waals surface area contributed by atoms with E-state index in [0.717, 1.165) is 37.9 Å². The fraction of sp³-hybridized carbons (Fsp3) is 0.571. The summed E-state index contributed by atoms with van der Waals surface area (Å²) >= 11 is 0. The zero-order valence-corrected chi connectivity index (χ0v) is 10.7. The molecule has 2 rings (SSSR count). The van der Waals surface area contributed by atoms with Crippen LogP contribution in [0.5, 0.6) is 0 Å². The van der Waals surface area contributed by atoms with Crippen molar-refractivity contribution in [1.82, 2.24) is 4.90 Å². The van der Waals surface area contributed by atoms with Gasteiger partial charge in [-0.1, -0.05) is 6.42 Å². The molecular weight excluding hydrogens is 255 g/mol. The molecule has 1 heterocycles. The number of likely N-dealkylation sites (tertiary alicyclic amines) is 1. The molecule has 0 spiro atoms. The molecular formula is C14H18F3NO. The van der Waals surface area contributed by atoms with Gasteiger partial charge in [0.15, 0.2) is 17.5 Å². The van der Waals surface area contributed by atoms with Gasteiger partial charge < -0.3 is 5.11 Å². The van der Waals surface area contributed by atoms with E-state index in [0.29, 0.717) is 18.5 Å². The lowest BCUT2D eigenvalue weighted by atomic mass is 9.99. The van der Waals surface area contributed by atoms with Crippen molar-refractivity contribution in [3.63, 3.8) is 0 Å². The molecule has 0 radical (unpaired) electrons. The third kappa shape index (κ3) is 3.48. The number of benzene rings is 1. The van der Waals surface area contributed by atoms with Crippen LogP contribution in [0.15, 0.2) is 12.1 Å². The van der Waals surface area contributed by atoms with Crippen molar-refractivity contribution in [3.8, 4) is 0 Å². The molecule has 1 atom stereocenters. The van der Waals surface area contributed by atoms with Gasteiger partial charge in [-0.2, -0.15) is 0 Å². The Balaban J connectivity index is 2.10. The molecule has 0 aromatic heterocycles. The van der Waals surface area contributed by atoms with E-state index >= 15 is 0 Å². The molecule has 2 nitrogen and oxygen atoms in total. The van der Waals surface area contributed by atoms with Crippen molar-refractivity contribution >= 4 is 0 Å². The van der Waals surface area contributed by atoms with E-state index in [1.54, 1.807) is 0 Å². The smallest absolute Gasteiger partial charge is 0.194 e. The van der Waals surface area contributed by atoms with Gasteiger partial charge in [0.2, 0.25) is 0 Å². The van der Waals surface area contributed by atoms with Crippen molar-refractivity contribution in [1.29, 1.82) is 0 Å². The Kier molecular flexibility index (Phi) is 4.82. The SMILES string of the molecule is OCCC1CCCCN1Cc1cc(F)c(F)c(F)c1. The highest BCUT2D eigenvalue weighted by molar-refractivity contribution is 5.19. The first-order valence-corrected chi connectivity index (χ1v) is 6.60. The molecule has 1 saturated heterocycles.